The second-order valence-electron chi connectivity index (χ2n) is 7.64. The van der Waals surface area contributed by atoms with Gasteiger partial charge in [-0.1, -0.05) is 31.0 Å². The summed E-state index contributed by atoms with van der Waals surface area (Å²) in [7, 11) is 1.84. The molecule has 2 aromatic rings. The summed E-state index contributed by atoms with van der Waals surface area (Å²) >= 11 is 0. The van der Waals surface area contributed by atoms with Crippen LogP contribution in [0, 0.1) is 6.92 Å². The molecule has 2 heterocycles. The van der Waals surface area contributed by atoms with E-state index < -0.39 is 0 Å². The molecule has 5 nitrogen and oxygen atoms in total. The van der Waals surface area contributed by atoms with Crippen molar-refractivity contribution < 1.29 is 4.42 Å². The van der Waals surface area contributed by atoms with E-state index in [1.807, 2.05) is 19.2 Å². The molecule has 1 aliphatic carbocycles. The van der Waals surface area contributed by atoms with Gasteiger partial charge in [0.25, 0.3) is 0 Å². The van der Waals surface area contributed by atoms with E-state index in [1.54, 1.807) is 0 Å². The van der Waals surface area contributed by atoms with Gasteiger partial charge in [-0.15, -0.1) is 0 Å². The lowest BCUT2D eigenvalue weighted by Gasteiger charge is -2.24. The number of guanidine groups is 1. The Morgan fingerprint density at radius 1 is 1.23 bits per heavy atom. The number of aliphatic imine (C=N–C) groups is 1. The lowest BCUT2D eigenvalue weighted by molar-refractivity contribution is 0.242. The molecule has 1 aromatic carbocycles. The van der Waals surface area contributed by atoms with Crippen LogP contribution in [0.1, 0.15) is 43.4 Å². The maximum absolute atomic E-state index is 5.99. The van der Waals surface area contributed by atoms with E-state index in [0.717, 1.165) is 29.9 Å². The van der Waals surface area contributed by atoms with Gasteiger partial charge in [0.15, 0.2) is 5.96 Å². The number of benzene rings is 1. The summed E-state index contributed by atoms with van der Waals surface area (Å²) in [5.41, 5.74) is 2.16. The Balaban J connectivity index is 1.32. The summed E-state index contributed by atoms with van der Waals surface area (Å²) in [5.74, 6) is 1.84. The third kappa shape index (κ3) is 3.58. The zero-order valence-electron chi connectivity index (χ0n) is 15.9. The van der Waals surface area contributed by atoms with E-state index in [2.05, 4.69) is 39.6 Å². The van der Waals surface area contributed by atoms with Crippen molar-refractivity contribution in [2.24, 2.45) is 4.99 Å². The lowest BCUT2D eigenvalue weighted by Crippen LogP contribution is -2.45. The van der Waals surface area contributed by atoms with Gasteiger partial charge >= 0.3 is 0 Å². The van der Waals surface area contributed by atoms with Crippen molar-refractivity contribution in [2.75, 3.05) is 20.1 Å². The minimum Gasteiger partial charge on any atom is -0.459 e. The van der Waals surface area contributed by atoms with Crippen molar-refractivity contribution in [3.8, 4) is 0 Å². The number of para-hydroxylation sites is 1. The first-order chi connectivity index (χ1) is 12.7. The zero-order chi connectivity index (χ0) is 17.9. The number of fused-ring (bicyclic) bond motifs is 1. The summed E-state index contributed by atoms with van der Waals surface area (Å²) in [6.07, 6.45) is 6.76. The molecular formula is C21H30N4O. The molecule has 1 saturated carbocycles. The van der Waals surface area contributed by atoms with Crippen LogP contribution in [0.5, 0.6) is 0 Å². The van der Waals surface area contributed by atoms with Crippen LogP contribution >= 0.6 is 0 Å². The number of hydrogen-bond donors (Lipinski definition) is 2. The molecule has 0 spiro atoms. The highest BCUT2D eigenvalue weighted by atomic mass is 16.3. The summed E-state index contributed by atoms with van der Waals surface area (Å²) in [4.78, 5) is 7.07. The fraction of sp³-hybridized carbons (Fsp3) is 0.571. The molecule has 2 aliphatic rings. The quantitative estimate of drug-likeness (QED) is 0.652. The summed E-state index contributed by atoms with van der Waals surface area (Å²) in [5, 5.41) is 8.21. The van der Waals surface area contributed by atoms with E-state index in [1.165, 1.54) is 49.6 Å². The number of furan rings is 1. The van der Waals surface area contributed by atoms with Gasteiger partial charge < -0.3 is 15.1 Å². The Morgan fingerprint density at radius 3 is 2.81 bits per heavy atom. The molecule has 0 bridgehead atoms. The van der Waals surface area contributed by atoms with Crippen molar-refractivity contribution in [2.45, 2.75) is 57.7 Å². The van der Waals surface area contributed by atoms with Crippen LogP contribution in [0.2, 0.25) is 0 Å². The fourth-order valence-corrected chi connectivity index (χ4v) is 4.45. The molecule has 0 radical (unpaired) electrons. The van der Waals surface area contributed by atoms with Gasteiger partial charge in [-0.25, -0.2) is 0 Å². The van der Waals surface area contributed by atoms with E-state index in [4.69, 9.17) is 4.42 Å². The van der Waals surface area contributed by atoms with Gasteiger partial charge in [-0.2, -0.15) is 0 Å². The molecule has 1 unspecified atom stereocenters. The number of likely N-dealkylation sites (tertiary alicyclic amines) is 1. The normalized spacial score (nSPS) is 22.4. The van der Waals surface area contributed by atoms with Crippen LogP contribution in [0.4, 0.5) is 0 Å². The van der Waals surface area contributed by atoms with Crippen LogP contribution in [0.15, 0.2) is 33.7 Å². The van der Waals surface area contributed by atoms with E-state index in [-0.39, 0.29) is 0 Å². The number of aryl methyl sites for hydroxylation is 1. The largest absolute Gasteiger partial charge is 0.459 e. The Morgan fingerprint density at radius 2 is 2.04 bits per heavy atom. The molecule has 0 amide bonds. The average molecular weight is 354 g/mol. The zero-order valence-corrected chi connectivity index (χ0v) is 15.9. The summed E-state index contributed by atoms with van der Waals surface area (Å²) < 4.78 is 5.99. The second kappa shape index (κ2) is 7.70. The molecule has 1 aromatic heterocycles. The maximum atomic E-state index is 5.99. The third-order valence-corrected chi connectivity index (χ3v) is 5.98. The highest BCUT2D eigenvalue weighted by Gasteiger charge is 2.30. The smallest absolute Gasteiger partial charge is 0.191 e. The first-order valence-corrected chi connectivity index (χ1v) is 9.93. The SMILES string of the molecule is CN=C(NCc1oc2ccccc2c1C)NC1CCN(C2CCCC2)C1. The van der Waals surface area contributed by atoms with Crippen LogP contribution in [-0.4, -0.2) is 43.1 Å². The number of nitrogens with one attached hydrogen (secondary N) is 2. The Hall–Kier alpha value is -2.01. The van der Waals surface area contributed by atoms with Crippen LogP contribution in [0.3, 0.4) is 0 Å². The molecule has 2 N–H and O–H groups in total. The topological polar surface area (TPSA) is 52.8 Å². The van der Waals surface area contributed by atoms with Gasteiger partial charge in [-0.3, -0.25) is 9.89 Å². The maximum Gasteiger partial charge on any atom is 0.191 e. The second-order valence-corrected chi connectivity index (χ2v) is 7.64. The Bertz CT molecular complexity index is 775. The van der Waals surface area contributed by atoms with Crippen LogP contribution < -0.4 is 10.6 Å². The third-order valence-electron chi connectivity index (χ3n) is 5.98. The molecule has 140 valence electrons. The van der Waals surface area contributed by atoms with Crippen LogP contribution in [0.25, 0.3) is 11.0 Å². The van der Waals surface area contributed by atoms with Gasteiger partial charge in [0, 0.05) is 43.2 Å². The summed E-state index contributed by atoms with van der Waals surface area (Å²) in [6, 6.07) is 9.50. The highest BCUT2D eigenvalue weighted by Crippen LogP contribution is 2.27. The predicted octanol–water partition coefficient (Wildman–Crippen LogP) is 3.42. The minimum atomic E-state index is 0.485. The first kappa shape index (κ1) is 17.4. The Kier molecular flexibility index (Phi) is 5.16. The highest BCUT2D eigenvalue weighted by molar-refractivity contribution is 5.83. The molecular weight excluding hydrogens is 324 g/mol. The molecule has 26 heavy (non-hydrogen) atoms. The van der Waals surface area contributed by atoms with Gasteiger partial charge in [0.05, 0.1) is 6.54 Å². The van der Waals surface area contributed by atoms with E-state index >= 15 is 0 Å². The van der Waals surface area contributed by atoms with Crippen LogP contribution in [-0.2, 0) is 6.54 Å². The van der Waals surface area contributed by atoms with Gasteiger partial charge in [-0.05, 0) is 32.3 Å². The average Bonchev–Trinajstić information content (AvgIpc) is 3.39. The molecule has 1 atom stereocenters. The Labute approximate surface area is 155 Å². The lowest BCUT2D eigenvalue weighted by atomic mass is 10.1. The van der Waals surface area contributed by atoms with Gasteiger partial charge in [0.2, 0.25) is 0 Å². The van der Waals surface area contributed by atoms with Gasteiger partial charge in [0.1, 0.15) is 11.3 Å². The molecule has 2 fully saturated rings. The molecule has 4 rings (SSSR count). The standard InChI is InChI=1S/C21H30N4O/c1-15-18-9-5-6-10-19(18)26-20(15)13-23-21(22-2)24-16-11-12-25(14-16)17-7-3-4-8-17/h5-6,9-10,16-17H,3-4,7-8,11-14H2,1-2H3,(H2,22,23,24). The van der Waals surface area contributed by atoms with Crippen molar-refractivity contribution in [3.63, 3.8) is 0 Å². The molecule has 1 saturated heterocycles. The first-order valence-electron chi connectivity index (χ1n) is 9.93. The minimum absolute atomic E-state index is 0.485. The number of rotatable bonds is 4. The van der Waals surface area contributed by atoms with E-state index in [9.17, 15) is 0 Å². The molecule has 1 aliphatic heterocycles. The molecule has 5 heteroatoms. The van der Waals surface area contributed by atoms with Crippen molar-refractivity contribution in [1.82, 2.24) is 15.5 Å². The monoisotopic (exact) mass is 354 g/mol. The van der Waals surface area contributed by atoms with Crippen molar-refractivity contribution in [1.29, 1.82) is 0 Å². The number of nitrogens with zero attached hydrogens (tertiary/aromatic N) is 2. The van der Waals surface area contributed by atoms with Crippen molar-refractivity contribution >= 4 is 16.9 Å². The predicted molar refractivity (Wildman–Crippen MR) is 107 cm³/mol. The number of hydrogen-bond acceptors (Lipinski definition) is 3. The van der Waals surface area contributed by atoms with Crippen molar-refractivity contribution in [3.05, 3.63) is 35.6 Å². The fourth-order valence-electron chi connectivity index (χ4n) is 4.45. The van der Waals surface area contributed by atoms with E-state index in [0.29, 0.717) is 12.6 Å². The summed E-state index contributed by atoms with van der Waals surface area (Å²) in [6.45, 7) is 5.12.